The van der Waals surface area contributed by atoms with Crippen molar-refractivity contribution in [3.63, 3.8) is 0 Å². The summed E-state index contributed by atoms with van der Waals surface area (Å²) in [7, 11) is 0. The molecule has 3 rings (SSSR count). The van der Waals surface area contributed by atoms with Crippen LogP contribution < -0.4 is 10.3 Å². The van der Waals surface area contributed by atoms with Crippen molar-refractivity contribution in [2.75, 3.05) is 0 Å². The van der Waals surface area contributed by atoms with Crippen molar-refractivity contribution in [3.05, 3.63) is 76.3 Å². The Morgan fingerprint density at radius 2 is 1.96 bits per heavy atom. The lowest BCUT2D eigenvalue weighted by Crippen LogP contribution is -2.26. The van der Waals surface area contributed by atoms with Crippen LogP contribution in [-0.4, -0.2) is 21.5 Å². The van der Waals surface area contributed by atoms with Gasteiger partial charge in [-0.3, -0.25) is 9.20 Å². The maximum Gasteiger partial charge on any atom is 0.347 e. The molecule has 0 fully saturated rings. The van der Waals surface area contributed by atoms with E-state index in [2.05, 4.69) is 4.98 Å². The standard InChI is InChI=1S/C19H18N2O4/c1-13-7-6-10-21-17(22)11-15(20-18(13)21)12-24-19(23)14(2)25-16-8-4-3-5-9-16/h3-11,14H,12H2,1-2H3/t14-/m0/s1. The summed E-state index contributed by atoms with van der Waals surface area (Å²) in [4.78, 5) is 28.6. The second kappa shape index (κ2) is 7.17. The Balaban J connectivity index is 1.69. The van der Waals surface area contributed by atoms with Crippen molar-refractivity contribution in [2.24, 2.45) is 0 Å². The number of carbonyl (C=O) groups excluding carboxylic acids is 1. The molecule has 128 valence electrons. The molecular formula is C19H18N2O4. The lowest BCUT2D eigenvalue weighted by molar-refractivity contribution is -0.152. The molecule has 0 aliphatic carbocycles. The van der Waals surface area contributed by atoms with Crippen molar-refractivity contribution < 1.29 is 14.3 Å². The maximum atomic E-state index is 12.1. The topological polar surface area (TPSA) is 69.9 Å². The number of aryl methyl sites for hydroxylation is 1. The number of fused-ring (bicyclic) bond motifs is 1. The highest BCUT2D eigenvalue weighted by atomic mass is 16.6. The van der Waals surface area contributed by atoms with Gasteiger partial charge < -0.3 is 9.47 Å². The summed E-state index contributed by atoms with van der Waals surface area (Å²) in [6, 6.07) is 14.0. The van der Waals surface area contributed by atoms with Gasteiger partial charge in [0.2, 0.25) is 0 Å². The Morgan fingerprint density at radius 3 is 2.72 bits per heavy atom. The second-order valence-corrected chi connectivity index (χ2v) is 5.65. The van der Waals surface area contributed by atoms with Crippen LogP contribution in [0.25, 0.3) is 5.65 Å². The number of esters is 1. The molecule has 0 N–H and O–H groups in total. The Kier molecular flexibility index (Phi) is 4.79. The Hall–Kier alpha value is -3.15. The normalized spacial score (nSPS) is 11.9. The SMILES string of the molecule is Cc1cccn2c(=O)cc(COC(=O)[C@H](C)Oc3ccccc3)nc12. The van der Waals surface area contributed by atoms with Gasteiger partial charge in [0.05, 0.1) is 5.69 Å². The highest BCUT2D eigenvalue weighted by Gasteiger charge is 2.17. The molecule has 3 aromatic rings. The third kappa shape index (κ3) is 3.85. The number of carbonyl (C=O) groups is 1. The van der Waals surface area contributed by atoms with Crippen LogP contribution in [0.5, 0.6) is 5.75 Å². The Bertz CT molecular complexity index is 951. The predicted molar refractivity (Wildman–Crippen MR) is 92.5 cm³/mol. The van der Waals surface area contributed by atoms with E-state index in [1.165, 1.54) is 10.5 Å². The summed E-state index contributed by atoms with van der Waals surface area (Å²) in [5, 5.41) is 0. The van der Waals surface area contributed by atoms with Crippen LogP contribution >= 0.6 is 0 Å². The molecule has 0 saturated heterocycles. The van der Waals surface area contributed by atoms with Crippen molar-refractivity contribution in [2.45, 2.75) is 26.6 Å². The zero-order valence-corrected chi connectivity index (χ0v) is 14.0. The molecule has 0 saturated carbocycles. The number of para-hydroxylation sites is 1. The third-order valence-corrected chi connectivity index (χ3v) is 3.69. The Morgan fingerprint density at radius 1 is 1.20 bits per heavy atom. The monoisotopic (exact) mass is 338 g/mol. The van der Waals surface area contributed by atoms with Crippen molar-refractivity contribution in [1.29, 1.82) is 0 Å². The molecule has 0 amide bonds. The zero-order valence-electron chi connectivity index (χ0n) is 14.0. The number of benzene rings is 1. The highest BCUT2D eigenvalue weighted by molar-refractivity contribution is 5.74. The van der Waals surface area contributed by atoms with Crippen LogP contribution in [0.15, 0.2) is 59.5 Å². The molecule has 0 bridgehead atoms. The first-order chi connectivity index (χ1) is 12.0. The molecule has 0 spiro atoms. The van der Waals surface area contributed by atoms with E-state index in [0.717, 1.165) is 5.56 Å². The van der Waals surface area contributed by atoms with E-state index in [1.807, 2.05) is 31.2 Å². The van der Waals surface area contributed by atoms with Gasteiger partial charge in [-0.15, -0.1) is 0 Å². The fourth-order valence-electron chi connectivity index (χ4n) is 2.40. The molecule has 25 heavy (non-hydrogen) atoms. The van der Waals surface area contributed by atoms with E-state index in [-0.39, 0.29) is 12.2 Å². The second-order valence-electron chi connectivity index (χ2n) is 5.65. The largest absolute Gasteiger partial charge is 0.479 e. The Labute approximate surface area is 144 Å². The number of nitrogens with zero attached hydrogens (tertiary/aromatic N) is 2. The zero-order chi connectivity index (χ0) is 17.8. The summed E-state index contributed by atoms with van der Waals surface area (Å²) in [5.74, 6) is 0.0697. The van der Waals surface area contributed by atoms with Crippen LogP contribution in [0.3, 0.4) is 0 Å². The minimum absolute atomic E-state index is 0.0819. The van der Waals surface area contributed by atoms with Crippen LogP contribution in [0.1, 0.15) is 18.2 Å². The van der Waals surface area contributed by atoms with Gasteiger partial charge in [0.25, 0.3) is 5.56 Å². The van der Waals surface area contributed by atoms with Crippen LogP contribution in [-0.2, 0) is 16.1 Å². The third-order valence-electron chi connectivity index (χ3n) is 3.69. The van der Waals surface area contributed by atoms with Crippen molar-refractivity contribution in [1.82, 2.24) is 9.38 Å². The fraction of sp³-hybridized carbons (Fsp3) is 0.211. The van der Waals surface area contributed by atoms with Gasteiger partial charge in [-0.25, -0.2) is 9.78 Å². The molecule has 0 unspecified atom stereocenters. The number of rotatable bonds is 5. The first-order valence-electron chi connectivity index (χ1n) is 7.91. The number of aromatic nitrogens is 2. The van der Waals surface area contributed by atoms with Gasteiger partial charge in [-0.05, 0) is 37.6 Å². The van der Waals surface area contributed by atoms with Crippen LogP contribution in [0.4, 0.5) is 0 Å². The summed E-state index contributed by atoms with van der Waals surface area (Å²) in [6.45, 7) is 3.40. The fourth-order valence-corrected chi connectivity index (χ4v) is 2.40. The van der Waals surface area contributed by atoms with Gasteiger partial charge in [0.15, 0.2) is 6.10 Å². The van der Waals surface area contributed by atoms with Gasteiger partial charge in [-0.2, -0.15) is 0 Å². The van der Waals surface area contributed by atoms with E-state index < -0.39 is 12.1 Å². The molecule has 0 radical (unpaired) electrons. The summed E-state index contributed by atoms with van der Waals surface area (Å²) < 4.78 is 12.2. The summed E-state index contributed by atoms with van der Waals surface area (Å²) in [5.41, 5.74) is 1.61. The van der Waals surface area contributed by atoms with Gasteiger partial charge in [0.1, 0.15) is 18.0 Å². The highest BCUT2D eigenvalue weighted by Crippen LogP contribution is 2.12. The van der Waals surface area contributed by atoms with Gasteiger partial charge in [0, 0.05) is 12.3 Å². The summed E-state index contributed by atoms with van der Waals surface area (Å²) in [6.07, 6.45) is 0.897. The average molecular weight is 338 g/mol. The molecule has 0 aliphatic heterocycles. The van der Waals surface area contributed by atoms with Crippen molar-refractivity contribution >= 4 is 11.6 Å². The van der Waals surface area contributed by atoms with E-state index in [9.17, 15) is 9.59 Å². The molecular weight excluding hydrogens is 320 g/mol. The van der Waals surface area contributed by atoms with E-state index >= 15 is 0 Å². The first-order valence-corrected chi connectivity index (χ1v) is 7.91. The molecule has 1 aromatic carbocycles. The van der Waals surface area contributed by atoms with Crippen molar-refractivity contribution in [3.8, 4) is 5.75 Å². The minimum Gasteiger partial charge on any atom is -0.479 e. The minimum atomic E-state index is -0.759. The molecule has 1 atom stereocenters. The summed E-state index contributed by atoms with van der Waals surface area (Å²) >= 11 is 0. The number of pyridine rings is 1. The maximum absolute atomic E-state index is 12.1. The molecule has 0 aliphatic rings. The van der Waals surface area contributed by atoms with E-state index in [4.69, 9.17) is 9.47 Å². The van der Waals surface area contributed by atoms with Gasteiger partial charge >= 0.3 is 5.97 Å². The predicted octanol–water partition coefficient (Wildman–Crippen LogP) is 2.51. The quantitative estimate of drug-likeness (QED) is 0.669. The van der Waals surface area contributed by atoms with Gasteiger partial charge in [-0.1, -0.05) is 24.3 Å². The average Bonchev–Trinajstić information content (AvgIpc) is 2.61. The van der Waals surface area contributed by atoms with E-state index in [0.29, 0.717) is 17.1 Å². The number of hydrogen-bond donors (Lipinski definition) is 0. The lowest BCUT2D eigenvalue weighted by Gasteiger charge is -2.14. The number of hydrogen-bond acceptors (Lipinski definition) is 5. The lowest BCUT2D eigenvalue weighted by atomic mass is 10.3. The number of ether oxygens (including phenoxy) is 2. The molecule has 6 heteroatoms. The molecule has 2 heterocycles. The molecule has 2 aromatic heterocycles. The van der Waals surface area contributed by atoms with E-state index in [1.54, 1.807) is 31.3 Å². The van der Waals surface area contributed by atoms with Crippen LogP contribution in [0.2, 0.25) is 0 Å². The van der Waals surface area contributed by atoms with Crippen LogP contribution in [0, 0.1) is 6.92 Å². The molecule has 6 nitrogen and oxygen atoms in total. The smallest absolute Gasteiger partial charge is 0.347 e. The first kappa shape index (κ1) is 16.7.